The molecular weight excluding hydrogens is 252 g/mol. The molecule has 1 rings (SSSR count). The van der Waals surface area contributed by atoms with Crippen LogP contribution >= 0.6 is 11.6 Å². The minimum absolute atomic E-state index is 0.0196. The third-order valence-corrected chi connectivity index (χ3v) is 3.18. The van der Waals surface area contributed by atoms with Crippen molar-refractivity contribution in [2.24, 2.45) is 5.92 Å². The molecule has 0 bridgehead atoms. The number of carbonyl (C=O) groups excluding carboxylic acids is 2. The van der Waals surface area contributed by atoms with Crippen LogP contribution in [0.1, 0.15) is 35.7 Å². The highest BCUT2D eigenvalue weighted by atomic mass is 35.5. The van der Waals surface area contributed by atoms with Crippen molar-refractivity contribution in [1.29, 1.82) is 0 Å². The third kappa shape index (κ3) is 4.15. The van der Waals surface area contributed by atoms with E-state index in [0.29, 0.717) is 17.0 Å². The summed E-state index contributed by atoms with van der Waals surface area (Å²) in [5, 5.41) is 0.647. The van der Waals surface area contributed by atoms with E-state index in [9.17, 15) is 9.59 Å². The Morgan fingerprint density at radius 2 is 2.00 bits per heavy atom. The minimum Gasteiger partial charge on any atom is -0.469 e. The fourth-order valence-electron chi connectivity index (χ4n) is 1.69. The molecule has 0 amide bonds. The molecule has 0 fully saturated rings. The van der Waals surface area contributed by atoms with E-state index in [2.05, 4.69) is 4.74 Å². The number of carbonyl (C=O) groups is 2. The van der Waals surface area contributed by atoms with E-state index < -0.39 is 0 Å². The molecule has 0 saturated carbocycles. The summed E-state index contributed by atoms with van der Waals surface area (Å²) in [6.07, 6.45) is 0.588. The van der Waals surface area contributed by atoms with Crippen molar-refractivity contribution in [3.8, 4) is 0 Å². The number of methoxy groups -OCH3 is 1. The van der Waals surface area contributed by atoms with Gasteiger partial charge in [0.2, 0.25) is 0 Å². The number of rotatable bonds is 5. The highest BCUT2D eigenvalue weighted by Crippen LogP contribution is 2.19. The Morgan fingerprint density at radius 1 is 1.33 bits per heavy atom. The van der Waals surface area contributed by atoms with E-state index in [1.807, 2.05) is 13.8 Å². The van der Waals surface area contributed by atoms with Crippen molar-refractivity contribution in [3.05, 3.63) is 34.3 Å². The predicted molar refractivity (Wildman–Crippen MR) is 70.9 cm³/mol. The van der Waals surface area contributed by atoms with Crippen LogP contribution in [0.4, 0.5) is 0 Å². The lowest BCUT2D eigenvalue weighted by Gasteiger charge is -2.09. The second kappa shape index (κ2) is 6.55. The molecule has 1 aromatic rings. The molecule has 0 saturated heterocycles. The maximum Gasteiger partial charge on any atom is 0.305 e. The molecule has 4 heteroatoms. The van der Waals surface area contributed by atoms with Gasteiger partial charge < -0.3 is 4.74 Å². The van der Waals surface area contributed by atoms with Gasteiger partial charge in [-0.15, -0.1) is 0 Å². The Hall–Kier alpha value is -1.35. The highest BCUT2D eigenvalue weighted by molar-refractivity contribution is 6.31. The lowest BCUT2D eigenvalue weighted by molar-refractivity contribution is -0.141. The summed E-state index contributed by atoms with van der Waals surface area (Å²) < 4.78 is 4.58. The third-order valence-electron chi connectivity index (χ3n) is 2.76. The van der Waals surface area contributed by atoms with E-state index in [4.69, 9.17) is 11.6 Å². The zero-order valence-corrected chi connectivity index (χ0v) is 11.6. The number of hydrogen-bond donors (Lipinski definition) is 0. The Kier molecular flexibility index (Phi) is 5.35. The van der Waals surface area contributed by atoms with Crippen LogP contribution in [0.15, 0.2) is 18.2 Å². The maximum absolute atomic E-state index is 12.0. The average Bonchev–Trinajstić information content (AvgIpc) is 2.32. The summed E-state index contributed by atoms with van der Waals surface area (Å²) >= 11 is 5.91. The maximum atomic E-state index is 12.0. The molecule has 0 heterocycles. The van der Waals surface area contributed by atoms with Gasteiger partial charge in [-0.1, -0.05) is 18.5 Å². The van der Waals surface area contributed by atoms with Gasteiger partial charge in [-0.25, -0.2) is 0 Å². The molecule has 1 aromatic carbocycles. The summed E-state index contributed by atoms with van der Waals surface area (Å²) in [5.41, 5.74) is 1.51. The molecule has 0 spiro atoms. The first kappa shape index (κ1) is 14.7. The second-order valence-corrected chi connectivity index (χ2v) is 4.88. The standard InChI is InChI=1S/C14H17ClO3/c1-9(7-14(17)18-3)6-13(16)11-4-5-12(15)10(2)8-11/h4-5,8-9H,6-7H2,1-3H3/t9-/m1/s1. The van der Waals surface area contributed by atoms with E-state index in [-0.39, 0.29) is 24.1 Å². The Labute approximate surface area is 112 Å². The molecule has 0 aliphatic rings. The summed E-state index contributed by atoms with van der Waals surface area (Å²) in [6.45, 7) is 3.72. The lowest BCUT2D eigenvalue weighted by Crippen LogP contribution is -2.12. The van der Waals surface area contributed by atoms with Gasteiger partial charge in [-0.3, -0.25) is 9.59 Å². The first-order chi connectivity index (χ1) is 8.43. The SMILES string of the molecule is COC(=O)C[C@H](C)CC(=O)c1ccc(Cl)c(C)c1. The molecule has 0 unspecified atom stereocenters. The largest absolute Gasteiger partial charge is 0.469 e. The zero-order chi connectivity index (χ0) is 13.7. The van der Waals surface area contributed by atoms with Gasteiger partial charge in [-0.05, 0) is 36.6 Å². The van der Waals surface area contributed by atoms with E-state index >= 15 is 0 Å². The molecule has 0 aromatic heterocycles. The van der Waals surface area contributed by atoms with Crippen molar-refractivity contribution in [1.82, 2.24) is 0 Å². The number of benzene rings is 1. The summed E-state index contributed by atoms with van der Waals surface area (Å²) in [5.74, 6) is -0.297. The lowest BCUT2D eigenvalue weighted by atomic mass is 9.96. The minimum atomic E-state index is -0.289. The number of ether oxygens (including phenoxy) is 1. The second-order valence-electron chi connectivity index (χ2n) is 4.48. The first-order valence-electron chi connectivity index (χ1n) is 5.80. The molecule has 0 aliphatic heterocycles. The van der Waals surface area contributed by atoms with Crippen LogP contribution in [0.2, 0.25) is 5.02 Å². The Balaban J connectivity index is 2.64. The number of hydrogen-bond acceptors (Lipinski definition) is 3. The van der Waals surface area contributed by atoms with E-state index in [0.717, 1.165) is 5.56 Å². The molecule has 18 heavy (non-hydrogen) atoms. The zero-order valence-electron chi connectivity index (χ0n) is 10.8. The normalized spacial score (nSPS) is 12.0. The van der Waals surface area contributed by atoms with Crippen LogP contribution in [0, 0.1) is 12.8 Å². The van der Waals surface area contributed by atoms with Gasteiger partial charge >= 0.3 is 5.97 Å². The van der Waals surface area contributed by atoms with Crippen molar-refractivity contribution < 1.29 is 14.3 Å². The van der Waals surface area contributed by atoms with Gasteiger partial charge in [-0.2, -0.15) is 0 Å². The van der Waals surface area contributed by atoms with Crippen LogP contribution in [-0.4, -0.2) is 18.9 Å². The monoisotopic (exact) mass is 268 g/mol. The number of ketones is 1. The molecule has 3 nitrogen and oxygen atoms in total. The fourth-order valence-corrected chi connectivity index (χ4v) is 1.81. The van der Waals surface area contributed by atoms with Crippen molar-refractivity contribution in [2.45, 2.75) is 26.7 Å². The molecule has 1 atom stereocenters. The fraction of sp³-hybridized carbons (Fsp3) is 0.429. The van der Waals surface area contributed by atoms with E-state index in [1.54, 1.807) is 18.2 Å². The molecular formula is C14H17ClO3. The van der Waals surface area contributed by atoms with Crippen molar-refractivity contribution >= 4 is 23.4 Å². The number of esters is 1. The molecule has 0 N–H and O–H groups in total. The van der Waals surface area contributed by atoms with Crippen LogP contribution in [0.3, 0.4) is 0 Å². The van der Waals surface area contributed by atoms with Gasteiger partial charge in [0.15, 0.2) is 5.78 Å². The van der Waals surface area contributed by atoms with Crippen molar-refractivity contribution in [3.63, 3.8) is 0 Å². The van der Waals surface area contributed by atoms with Gasteiger partial charge in [0, 0.05) is 23.4 Å². The van der Waals surface area contributed by atoms with Gasteiger partial charge in [0.05, 0.1) is 7.11 Å². The summed E-state index contributed by atoms with van der Waals surface area (Å²) in [7, 11) is 1.35. The number of Topliss-reactive ketones (excluding diaryl/α,β-unsaturated/α-hetero) is 1. The van der Waals surface area contributed by atoms with Crippen LogP contribution in [0.25, 0.3) is 0 Å². The number of aryl methyl sites for hydroxylation is 1. The van der Waals surface area contributed by atoms with Crippen LogP contribution < -0.4 is 0 Å². The summed E-state index contributed by atoms with van der Waals surface area (Å²) in [4.78, 5) is 23.1. The Bertz CT molecular complexity index is 454. The summed E-state index contributed by atoms with van der Waals surface area (Å²) in [6, 6.07) is 5.20. The molecule has 0 radical (unpaired) electrons. The number of halogens is 1. The Morgan fingerprint density at radius 3 is 2.56 bits per heavy atom. The van der Waals surface area contributed by atoms with Crippen molar-refractivity contribution in [2.75, 3.05) is 7.11 Å². The highest BCUT2D eigenvalue weighted by Gasteiger charge is 2.15. The molecule has 0 aliphatic carbocycles. The average molecular weight is 269 g/mol. The molecule has 98 valence electrons. The predicted octanol–water partition coefficient (Wildman–Crippen LogP) is 3.42. The van der Waals surface area contributed by atoms with E-state index in [1.165, 1.54) is 7.11 Å². The first-order valence-corrected chi connectivity index (χ1v) is 6.18. The van der Waals surface area contributed by atoms with Gasteiger partial charge in [0.1, 0.15) is 0 Å². The van der Waals surface area contributed by atoms with Gasteiger partial charge in [0.25, 0.3) is 0 Å². The quantitative estimate of drug-likeness (QED) is 0.607. The topological polar surface area (TPSA) is 43.4 Å². The van der Waals surface area contributed by atoms with Crippen LogP contribution in [0.5, 0.6) is 0 Å². The van der Waals surface area contributed by atoms with Crippen LogP contribution in [-0.2, 0) is 9.53 Å². The smallest absolute Gasteiger partial charge is 0.305 e.